The van der Waals surface area contributed by atoms with Gasteiger partial charge in [0.1, 0.15) is 0 Å². The van der Waals surface area contributed by atoms with E-state index >= 15 is 0 Å². The van der Waals surface area contributed by atoms with Crippen molar-refractivity contribution in [1.82, 2.24) is 5.32 Å². The van der Waals surface area contributed by atoms with Crippen molar-refractivity contribution in [3.8, 4) is 0 Å². The number of hydrogen-bond donors (Lipinski definition) is 3. The van der Waals surface area contributed by atoms with E-state index < -0.39 is 0 Å². The maximum Gasteiger partial charge on any atom is 0.0693 e. The third kappa shape index (κ3) is 3.23. The highest BCUT2D eigenvalue weighted by Gasteiger charge is 2.26. The Morgan fingerprint density at radius 3 is 2.50 bits per heavy atom. The molecule has 4 atom stereocenters. The quantitative estimate of drug-likeness (QED) is 0.637. The van der Waals surface area contributed by atoms with Crippen LogP contribution in [0.25, 0.3) is 0 Å². The van der Waals surface area contributed by atoms with E-state index in [0.29, 0.717) is 0 Å². The minimum Gasteiger partial charge on any atom is -0.392 e. The van der Waals surface area contributed by atoms with Crippen molar-refractivity contribution in [2.75, 3.05) is 0 Å². The minimum absolute atomic E-state index is 0.118. The van der Waals surface area contributed by atoms with Gasteiger partial charge in [0.15, 0.2) is 0 Å². The highest BCUT2D eigenvalue weighted by Crippen LogP contribution is 2.19. The van der Waals surface area contributed by atoms with Crippen molar-refractivity contribution in [2.45, 2.75) is 70.2 Å². The summed E-state index contributed by atoms with van der Waals surface area (Å²) in [4.78, 5) is 0. The first-order valence-electron chi connectivity index (χ1n) is 5.77. The zero-order chi connectivity index (χ0) is 10.6. The van der Waals surface area contributed by atoms with Gasteiger partial charge < -0.3 is 15.5 Å². The Hall–Kier alpha value is -0.120. The van der Waals surface area contributed by atoms with Gasteiger partial charge >= 0.3 is 0 Å². The molecule has 0 saturated heterocycles. The van der Waals surface area contributed by atoms with Crippen molar-refractivity contribution >= 4 is 0 Å². The van der Waals surface area contributed by atoms with Gasteiger partial charge in [-0.25, -0.2) is 0 Å². The van der Waals surface area contributed by atoms with Crippen LogP contribution >= 0.6 is 0 Å². The normalized spacial score (nSPS) is 32.6. The van der Waals surface area contributed by atoms with Gasteiger partial charge in [-0.15, -0.1) is 0 Å². The van der Waals surface area contributed by atoms with Crippen LogP contribution in [0, 0.1) is 0 Å². The van der Waals surface area contributed by atoms with Gasteiger partial charge in [0.05, 0.1) is 12.2 Å². The summed E-state index contributed by atoms with van der Waals surface area (Å²) >= 11 is 0. The summed E-state index contributed by atoms with van der Waals surface area (Å²) in [6.45, 7) is 3.86. The number of hydrogen-bond acceptors (Lipinski definition) is 3. The first kappa shape index (κ1) is 12.0. The zero-order valence-electron chi connectivity index (χ0n) is 9.24. The van der Waals surface area contributed by atoms with E-state index in [1.165, 1.54) is 6.42 Å². The molecule has 1 aliphatic rings. The molecule has 0 spiro atoms. The van der Waals surface area contributed by atoms with Crippen molar-refractivity contribution in [2.24, 2.45) is 0 Å². The van der Waals surface area contributed by atoms with E-state index in [2.05, 4.69) is 12.2 Å². The first-order chi connectivity index (χ1) is 6.65. The van der Waals surface area contributed by atoms with Gasteiger partial charge in [-0.2, -0.15) is 0 Å². The fourth-order valence-electron chi connectivity index (χ4n) is 2.18. The lowest BCUT2D eigenvalue weighted by Gasteiger charge is -2.33. The van der Waals surface area contributed by atoms with Gasteiger partial charge in [-0.05, 0) is 26.2 Å². The van der Waals surface area contributed by atoms with Gasteiger partial charge in [-0.1, -0.05) is 19.8 Å². The Balaban J connectivity index is 2.39. The summed E-state index contributed by atoms with van der Waals surface area (Å²) in [7, 11) is 0. The topological polar surface area (TPSA) is 52.5 Å². The zero-order valence-corrected chi connectivity index (χ0v) is 9.24. The maximum absolute atomic E-state index is 9.75. The molecule has 0 aromatic heterocycles. The third-order valence-corrected chi connectivity index (χ3v) is 3.18. The maximum atomic E-state index is 9.75. The summed E-state index contributed by atoms with van der Waals surface area (Å²) in [5.41, 5.74) is 0. The van der Waals surface area contributed by atoms with Crippen LogP contribution in [0.15, 0.2) is 0 Å². The molecule has 0 amide bonds. The van der Waals surface area contributed by atoms with Gasteiger partial charge in [0, 0.05) is 12.1 Å². The fraction of sp³-hybridized carbons (Fsp3) is 1.00. The van der Waals surface area contributed by atoms with Crippen LogP contribution in [0.1, 0.15) is 46.0 Å². The summed E-state index contributed by atoms with van der Waals surface area (Å²) in [5.74, 6) is 0. The third-order valence-electron chi connectivity index (χ3n) is 3.18. The highest BCUT2D eigenvalue weighted by atomic mass is 16.3. The molecule has 14 heavy (non-hydrogen) atoms. The molecule has 0 aromatic carbocycles. The Kier molecular flexibility index (Phi) is 4.85. The Morgan fingerprint density at radius 1 is 1.36 bits per heavy atom. The second-order valence-electron chi connectivity index (χ2n) is 4.38. The average molecular weight is 201 g/mol. The molecule has 0 heterocycles. The molecule has 0 aromatic rings. The van der Waals surface area contributed by atoms with Crippen LogP contribution in [-0.2, 0) is 0 Å². The van der Waals surface area contributed by atoms with Crippen molar-refractivity contribution in [1.29, 1.82) is 0 Å². The summed E-state index contributed by atoms with van der Waals surface area (Å²) < 4.78 is 0. The van der Waals surface area contributed by atoms with E-state index in [0.717, 1.165) is 25.7 Å². The lowest BCUT2D eigenvalue weighted by Crippen LogP contribution is -2.50. The SMILES string of the molecule is CCC(NC1CCCCC1O)C(C)O. The lowest BCUT2D eigenvalue weighted by molar-refractivity contribution is 0.0636. The second kappa shape index (κ2) is 5.69. The molecule has 0 radical (unpaired) electrons. The van der Waals surface area contributed by atoms with Crippen molar-refractivity contribution < 1.29 is 10.2 Å². The van der Waals surface area contributed by atoms with Crippen LogP contribution in [0.5, 0.6) is 0 Å². The van der Waals surface area contributed by atoms with E-state index in [4.69, 9.17) is 0 Å². The molecule has 84 valence electrons. The lowest BCUT2D eigenvalue weighted by atomic mass is 9.91. The number of aliphatic hydroxyl groups excluding tert-OH is 2. The summed E-state index contributed by atoms with van der Waals surface area (Å²) in [5, 5.41) is 22.6. The average Bonchev–Trinajstić information content (AvgIpc) is 2.16. The molecule has 1 saturated carbocycles. The summed E-state index contributed by atoms with van der Waals surface area (Å²) in [6, 6.07) is 0.302. The molecular formula is C11H23NO2. The van der Waals surface area contributed by atoms with Gasteiger partial charge in [0.2, 0.25) is 0 Å². The van der Waals surface area contributed by atoms with E-state index in [1.807, 2.05) is 0 Å². The van der Waals surface area contributed by atoms with Crippen LogP contribution in [-0.4, -0.2) is 34.5 Å². The molecule has 3 heteroatoms. The Bertz CT molecular complexity index is 161. The van der Waals surface area contributed by atoms with Crippen LogP contribution in [0.2, 0.25) is 0 Å². The van der Waals surface area contributed by atoms with Crippen LogP contribution < -0.4 is 5.32 Å². The Labute approximate surface area is 86.5 Å². The predicted octanol–water partition coefficient (Wildman–Crippen LogP) is 1.04. The largest absolute Gasteiger partial charge is 0.392 e. The molecule has 4 unspecified atom stereocenters. The molecule has 3 nitrogen and oxygen atoms in total. The molecule has 1 fully saturated rings. The smallest absolute Gasteiger partial charge is 0.0693 e. The number of aliphatic hydroxyl groups is 2. The molecule has 3 N–H and O–H groups in total. The molecule has 0 bridgehead atoms. The first-order valence-corrected chi connectivity index (χ1v) is 5.77. The van der Waals surface area contributed by atoms with Crippen LogP contribution in [0.4, 0.5) is 0 Å². The predicted molar refractivity (Wildman–Crippen MR) is 57.2 cm³/mol. The standard InChI is InChI=1S/C11H23NO2/c1-3-9(8(2)13)12-10-6-4-5-7-11(10)14/h8-14H,3-7H2,1-2H3. The summed E-state index contributed by atoms with van der Waals surface area (Å²) in [6.07, 6.45) is 4.58. The van der Waals surface area contributed by atoms with E-state index in [-0.39, 0.29) is 24.3 Å². The Morgan fingerprint density at radius 2 is 2.00 bits per heavy atom. The molecule has 0 aliphatic heterocycles. The number of rotatable bonds is 4. The van der Waals surface area contributed by atoms with Crippen LogP contribution in [0.3, 0.4) is 0 Å². The second-order valence-corrected chi connectivity index (χ2v) is 4.38. The van der Waals surface area contributed by atoms with Gasteiger partial charge in [-0.3, -0.25) is 0 Å². The van der Waals surface area contributed by atoms with Crippen molar-refractivity contribution in [3.05, 3.63) is 0 Å². The van der Waals surface area contributed by atoms with E-state index in [1.54, 1.807) is 6.92 Å². The monoisotopic (exact) mass is 201 g/mol. The minimum atomic E-state index is -0.339. The van der Waals surface area contributed by atoms with Crippen molar-refractivity contribution in [3.63, 3.8) is 0 Å². The fourth-order valence-corrected chi connectivity index (χ4v) is 2.18. The van der Waals surface area contributed by atoms with Gasteiger partial charge in [0.25, 0.3) is 0 Å². The molecular weight excluding hydrogens is 178 g/mol. The molecule has 1 aliphatic carbocycles. The number of nitrogens with one attached hydrogen (secondary N) is 1. The molecule has 1 rings (SSSR count). The van der Waals surface area contributed by atoms with E-state index in [9.17, 15) is 10.2 Å². The highest BCUT2D eigenvalue weighted by molar-refractivity contribution is 4.84.